The molecule has 0 aliphatic carbocycles. The fraction of sp³-hybridized carbons (Fsp3) is 0.583. The van der Waals surface area contributed by atoms with Crippen molar-refractivity contribution in [2.24, 2.45) is 11.8 Å². The molecule has 9 heteroatoms. The number of rotatable bonds is 8. The van der Waals surface area contributed by atoms with Crippen LogP contribution in [0.25, 0.3) is 0 Å². The number of aliphatic carboxylic acids is 1. The molecule has 33 heavy (non-hydrogen) atoms. The van der Waals surface area contributed by atoms with E-state index in [4.69, 9.17) is 0 Å². The summed E-state index contributed by atoms with van der Waals surface area (Å²) >= 11 is 1.55. The highest BCUT2D eigenvalue weighted by molar-refractivity contribution is 8.01. The first-order chi connectivity index (χ1) is 15.4. The van der Waals surface area contributed by atoms with E-state index in [9.17, 15) is 24.3 Å². The summed E-state index contributed by atoms with van der Waals surface area (Å²) in [5.74, 6) is -2.80. The molecular weight excluding hydrogens is 442 g/mol. The number of hydrogen-bond donors (Lipinski definition) is 3. The second-order valence-corrected chi connectivity index (χ2v) is 11.5. The van der Waals surface area contributed by atoms with Gasteiger partial charge in [0.2, 0.25) is 11.8 Å². The van der Waals surface area contributed by atoms with Crippen molar-refractivity contribution in [1.29, 1.82) is 0 Å². The third-order valence-electron chi connectivity index (χ3n) is 6.57. The molecule has 1 aromatic carbocycles. The summed E-state index contributed by atoms with van der Waals surface area (Å²) in [6.07, 6.45) is 0.586. The van der Waals surface area contributed by atoms with Gasteiger partial charge in [-0.05, 0) is 37.3 Å². The highest BCUT2D eigenvalue weighted by Gasteiger charge is 2.57. The van der Waals surface area contributed by atoms with Crippen molar-refractivity contribution < 1.29 is 24.3 Å². The number of carboxylic acid groups (broad SMARTS) is 1. The van der Waals surface area contributed by atoms with E-state index in [1.165, 1.54) is 0 Å². The standard InChI is InChI=1S/C24H33N3O5S/c1-7-13(4)17(23(31)32)26-19(28)16(12(2)3)25-20(29)18-24(5,6)33-22-15-11-9-8-10-14(15)21(30)27(18)22/h8-13,16-18,22H,7H2,1-6H3,(H,25,29)(H,26,28)(H,31,32)/t13-,16+,17+,18-,22-/m1/s1. The molecule has 0 radical (unpaired) electrons. The third-order valence-corrected chi connectivity index (χ3v) is 8.10. The number of carboxylic acids is 1. The van der Waals surface area contributed by atoms with Gasteiger partial charge in [-0.2, -0.15) is 0 Å². The Labute approximate surface area is 198 Å². The normalized spacial score (nSPS) is 23.5. The van der Waals surface area contributed by atoms with Crippen LogP contribution in [0.3, 0.4) is 0 Å². The highest BCUT2D eigenvalue weighted by Crippen LogP contribution is 2.56. The predicted octanol–water partition coefficient (Wildman–Crippen LogP) is 2.79. The van der Waals surface area contributed by atoms with Crippen molar-refractivity contribution in [3.05, 3.63) is 35.4 Å². The zero-order chi connectivity index (χ0) is 24.7. The van der Waals surface area contributed by atoms with Crippen LogP contribution in [0.5, 0.6) is 0 Å². The summed E-state index contributed by atoms with van der Waals surface area (Å²) in [5.41, 5.74) is 1.49. The Hall–Kier alpha value is -2.55. The fourth-order valence-electron chi connectivity index (χ4n) is 4.50. The van der Waals surface area contributed by atoms with Crippen LogP contribution in [0.4, 0.5) is 0 Å². The minimum atomic E-state index is -1.11. The van der Waals surface area contributed by atoms with Crippen LogP contribution in [0.15, 0.2) is 24.3 Å². The second-order valence-electron chi connectivity index (χ2n) is 9.72. The molecule has 5 atom stereocenters. The Morgan fingerprint density at radius 3 is 2.33 bits per heavy atom. The number of amides is 3. The molecule has 3 amide bonds. The molecule has 1 fully saturated rings. The van der Waals surface area contributed by atoms with E-state index >= 15 is 0 Å². The largest absolute Gasteiger partial charge is 0.480 e. The molecule has 0 bridgehead atoms. The molecule has 0 saturated carbocycles. The fourth-order valence-corrected chi connectivity index (χ4v) is 6.09. The van der Waals surface area contributed by atoms with Gasteiger partial charge < -0.3 is 20.6 Å². The average Bonchev–Trinajstić information content (AvgIpc) is 3.18. The number of carbonyl (C=O) groups excluding carboxylic acids is 3. The number of hydrogen-bond acceptors (Lipinski definition) is 5. The van der Waals surface area contributed by atoms with Crippen molar-refractivity contribution in [3.8, 4) is 0 Å². The third kappa shape index (κ3) is 4.60. The molecule has 0 unspecified atom stereocenters. The number of carbonyl (C=O) groups is 4. The molecule has 180 valence electrons. The lowest BCUT2D eigenvalue weighted by molar-refractivity contribution is -0.144. The van der Waals surface area contributed by atoms with Crippen LogP contribution in [-0.2, 0) is 14.4 Å². The van der Waals surface area contributed by atoms with Gasteiger partial charge in [-0.15, -0.1) is 11.8 Å². The van der Waals surface area contributed by atoms with E-state index in [-0.39, 0.29) is 23.1 Å². The summed E-state index contributed by atoms with van der Waals surface area (Å²) in [4.78, 5) is 53.0. The van der Waals surface area contributed by atoms with Gasteiger partial charge in [0.25, 0.3) is 5.91 Å². The predicted molar refractivity (Wildman–Crippen MR) is 127 cm³/mol. The number of benzene rings is 1. The van der Waals surface area contributed by atoms with Crippen LogP contribution < -0.4 is 10.6 Å². The summed E-state index contributed by atoms with van der Waals surface area (Å²) in [6.45, 7) is 11.0. The van der Waals surface area contributed by atoms with E-state index in [0.29, 0.717) is 12.0 Å². The Morgan fingerprint density at radius 1 is 1.12 bits per heavy atom. The van der Waals surface area contributed by atoms with E-state index < -0.39 is 40.7 Å². The Balaban J connectivity index is 1.82. The highest BCUT2D eigenvalue weighted by atomic mass is 32.2. The van der Waals surface area contributed by atoms with E-state index in [0.717, 1.165) is 5.56 Å². The Bertz CT molecular complexity index is 963. The summed E-state index contributed by atoms with van der Waals surface area (Å²) < 4.78 is -0.573. The van der Waals surface area contributed by atoms with Gasteiger partial charge in [0, 0.05) is 10.3 Å². The first kappa shape index (κ1) is 25.1. The number of nitrogens with zero attached hydrogens (tertiary/aromatic N) is 1. The molecule has 0 spiro atoms. The minimum absolute atomic E-state index is 0.193. The van der Waals surface area contributed by atoms with Gasteiger partial charge in [0.15, 0.2) is 0 Å². The van der Waals surface area contributed by atoms with E-state index in [1.807, 2.05) is 32.9 Å². The van der Waals surface area contributed by atoms with Crippen molar-refractivity contribution in [2.45, 2.75) is 76.2 Å². The number of thioether (sulfide) groups is 1. The van der Waals surface area contributed by atoms with Crippen molar-refractivity contribution >= 4 is 35.5 Å². The summed E-state index contributed by atoms with van der Waals surface area (Å²) in [6, 6.07) is 4.62. The maximum atomic E-state index is 13.5. The molecule has 2 heterocycles. The average molecular weight is 476 g/mol. The number of nitrogens with one attached hydrogen (secondary N) is 2. The van der Waals surface area contributed by atoms with Crippen LogP contribution >= 0.6 is 11.8 Å². The lowest BCUT2D eigenvalue weighted by Crippen LogP contribution is -2.60. The monoisotopic (exact) mass is 475 g/mol. The molecule has 2 aliphatic rings. The topological polar surface area (TPSA) is 116 Å². The molecule has 1 aromatic rings. The van der Waals surface area contributed by atoms with Crippen LogP contribution in [0.1, 0.15) is 69.3 Å². The molecule has 3 N–H and O–H groups in total. The van der Waals surface area contributed by atoms with E-state index in [2.05, 4.69) is 10.6 Å². The van der Waals surface area contributed by atoms with Crippen LogP contribution in [-0.4, -0.2) is 56.6 Å². The number of fused-ring (bicyclic) bond motifs is 3. The van der Waals surface area contributed by atoms with Gasteiger partial charge in [-0.3, -0.25) is 14.4 Å². The van der Waals surface area contributed by atoms with Crippen LogP contribution in [0.2, 0.25) is 0 Å². The first-order valence-corrected chi connectivity index (χ1v) is 12.2. The smallest absolute Gasteiger partial charge is 0.326 e. The van der Waals surface area contributed by atoms with Crippen LogP contribution in [0, 0.1) is 11.8 Å². The van der Waals surface area contributed by atoms with Crippen molar-refractivity contribution in [2.75, 3.05) is 0 Å². The molecule has 8 nitrogen and oxygen atoms in total. The van der Waals surface area contributed by atoms with Gasteiger partial charge in [-0.1, -0.05) is 52.3 Å². The van der Waals surface area contributed by atoms with Crippen molar-refractivity contribution in [1.82, 2.24) is 15.5 Å². The van der Waals surface area contributed by atoms with E-state index in [1.54, 1.807) is 49.6 Å². The summed E-state index contributed by atoms with van der Waals surface area (Å²) in [7, 11) is 0. The van der Waals surface area contributed by atoms with Gasteiger partial charge in [0.05, 0.1) is 0 Å². The lowest BCUT2D eigenvalue weighted by Gasteiger charge is -2.32. The molecule has 1 saturated heterocycles. The lowest BCUT2D eigenvalue weighted by atomic mass is 9.96. The molecule has 3 rings (SSSR count). The van der Waals surface area contributed by atoms with Gasteiger partial charge in [-0.25, -0.2) is 4.79 Å². The zero-order valence-corrected chi connectivity index (χ0v) is 20.7. The molecule has 2 aliphatic heterocycles. The minimum Gasteiger partial charge on any atom is -0.480 e. The molecular formula is C24H33N3O5S. The van der Waals surface area contributed by atoms with Gasteiger partial charge in [0.1, 0.15) is 23.5 Å². The van der Waals surface area contributed by atoms with Crippen molar-refractivity contribution in [3.63, 3.8) is 0 Å². The zero-order valence-electron chi connectivity index (χ0n) is 19.9. The SMILES string of the molecule is CC[C@@H](C)[C@H](NC(=O)[C@@H](NC(=O)[C@H]1N2C(=O)c3ccccc3[C@H]2SC1(C)C)C(C)C)C(=O)O. The van der Waals surface area contributed by atoms with Gasteiger partial charge >= 0.3 is 5.97 Å². The Morgan fingerprint density at radius 2 is 1.76 bits per heavy atom. The molecule has 0 aromatic heterocycles. The second kappa shape index (κ2) is 9.37. The Kier molecular flexibility index (Phi) is 7.12. The first-order valence-electron chi connectivity index (χ1n) is 11.3. The maximum absolute atomic E-state index is 13.5. The quantitative estimate of drug-likeness (QED) is 0.533. The summed E-state index contributed by atoms with van der Waals surface area (Å²) in [5, 5.41) is 14.7. The maximum Gasteiger partial charge on any atom is 0.326 e.